The molecule has 4 atom stereocenters. The molecule has 3 aliphatic rings. The minimum atomic E-state index is -0.870. The third kappa shape index (κ3) is 2.71. The lowest BCUT2D eigenvalue weighted by atomic mass is 9.80. The van der Waals surface area contributed by atoms with Gasteiger partial charge in [0.25, 0.3) is 0 Å². The number of carbonyl (C=O) groups is 2. The summed E-state index contributed by atoms with van der Waals surface area (Å²) in [6.07, 6.45) is 0.106. The summed E-state index contributed by atoms with van der Waals surface area (Å²) in [5, 5.41) is 23.1. The maximum absolute atomic E-state index is 12.9. The standard InChI is InChI=1S/C18H20Cl2N2O4/c19-11-6-10-13(7-12(11)20)21-17(26)18(10)3-4-22(8-18)16(25)9-1-2-14(23)15(24)5-9/h6-7,9,14-15,23-24H,1-5,8H2,(H,21,26)/t9-,14+,15+,18-/m1/s1. The lowest BCUT2D eigenvalue weighted by molar-refractivity contribution is -0.139. The number of anilines is 1. The van der Waals surface area contributed by atoms with E-state index in [1.807, 2.05) is 0 Å². The fourth-order valence-corrected chi connectivity index (χ4v) is 4.75. The quantitative estimate of drug-likeness (QED) is 0.674. The van der Waals surface area contributed by atoms with Gasteiger partial charge in [-0.1, -0.05) is 23.2 Å². The minimum Gasteiger partial charge on any atom is -0.390 e. The van der Waals surface area contributed by atoms with E-state index < -0.39 is 17.6 Å². The molecule has 1 aromatic carbocycles. The van der Waals surface area contributed by atoms with Gasteiger partial charge in [-0.3, -0.25) is 9.59 Å². The van der Waals surface area contributed by atoms with Crippen LogP contribution >= 0.6 is 23.2 Å². The molecule has 6 nitrogen and oxygen atoms in total. The molecule has 8 heteroatoms. The normalized spacial score (nSPS) is 33.5. The van der Waals surface area contributed by atoms with Crippen LogP contribution < -0.4 is 5.32 Å². The van der Waals surface area contributed by atoms with E-state index in [0.29, 0.717) is 41.5 Å². The number of rotatable bonds is 1. The second kappa shape index (κ2) is 6.37. The molecular formula is C18H20Cl2N2O4. The largest absolute Gasteiger partial charge is 0.390 e. The van der Waals surface area contributed by atoms with Crippen molar-refractivity contribution in [1.82, 2.24) is 4.90 Å². The van der Waals surface area contributed by atoms with Crippen molar-refractivity contribution in [2.24, 2.45) is 5.92 Å². The number of nitrogens with zero attached hydrogens (tertiary/aromatic N) is 1. The smallest absolute Gasteiger partial charge is 0.237 e. The molecule has 1 aliphatic carbocycles. The van der Waals surface area contributed by atoms with Gasteiger partial charge in [-0.25, -0.2) is 0 Å². The molecule has 140 valence electrons. The summed E-state index contributed by atoms with van der Waals surface area (Å²) in [6, 6.07) is 3.36. The Balaban J connectivity index is 1.56. The fraction of sp³-hybridized carbons (Fsp3) is 0.556. The molecular weight excluding hydrogens is 379 g/mol. The number of nitrogens with one attached hydrogen (secondary N) is 1. The summed E-state index contributed by atoms with van der Waals surface area (Å²) >= 11 is 12.2. The van der Waals surface area contributed by atoms with Crippen LogP contribution in [0.4, 0.5) is 5.69 Å². The first-order valence-corrected chi connectivity index (χ1v) is 9.53. The van der Waals surface area contributed by atoms with Crippen molar-refractivity contribution in [2.45, 2.75) is 43.3 Å². The molecule has 4 rings (SSSR count). The molecule has 3 N–H and O–H groups in total. The first kappa shape index (κ1) is 18.0. The highest BCUT2D eigenvalue weighted by Crippen LogP contribution is 2.47. The van der Waals surface area contributed by atoms with E-state index >= 15 is 0 Å². The van der Waals surface area contributed by atoms with Gasteiger partial charge < -0.3 is 20.4 Å². The maximum Gasteiger partial charge on any atom is 0.237 e. The molecule has 0 unspecified atom stereocenters. The zero-order valence-corrected chi connectivity index (χ0v) is 15.6. The van der Waals surface area contributed by atoms with E-state index in [0.717, 1.165) is 5.56 Å². The van der Waals surface area contributed by atoms with Gasteiger partial charge in [-0.05, 0) is 43.4 Å². The Kier molecular flexibility index (Phi) is 4.42. The van der Waals surface area contributed by atoms with Gasteiger partial charge in [0, 0.05) is 24.7 Å². The van der Waals surface area contributed by atoms with Crippen LogP contribution in [0, 0.1) is 5.92 Å². The molecule has 2 amide bonds. The van der Waals surface area contributed by atoms with Crippen LogP contribution in [0.5, 0.6) is 0 Å². The number of hydrogen-bond donors (Lipinski definition) is 3. The number of benzene rings is 1. The van der Waals surface area contributed by atoms with Crippen molar-refractivity contribution >= 4 is 40.7 Å². The van der Waals surface area contributed by atoms with E-state index in [-0.39, 0.29) is 30.7 Å². The van der Waals surface area contributed by atoms with Crippen molar-refractivity contribution < 1.29 is 19.8 Å². The van der Waals surface area contributed by atoms with Gasteiger partial charge in [0.05, 0.1) is 27.7 Å². The topological polar surface area (TPSA) is 89.9 Å². The Labute approximate surface area is 161 Å². The van der Waals surface area contributed by atoms with E-state index in [1.165, 1.54) is 0 Å². The van der Waals surface area contributed by atoms with Crippen LogP contribution in [0.25, 0.3) is 0 Å². The Bertz CT molecular complexity index is 787. The van der Waals surface area contributed by atoms with E-state index in [9.17, 15) is 19.8 Å². The second-order valence-electron chi connectivity index (χ2n) is 7.50. The van der Waals surface area contributed by atoms with Crippen LogP contribution in [0.2, 0.25) is 10.0 Å². The fourth-order valence-electron chi connectivity index (χ4n) is 4.43. The summed E-state index contributed by atoms with van der Waals surface area (Å²) in [6.45, 7) is 0.763. The number of amides is 2. The zero-order chi connectivity index (χ0) is 18.6. The Morgan fingerprint density at radius 1 is 1.19 bits per heavy atom. The van der Waals surface area contributed by atoms with Crippen LogP contribution in [0.3, 0.4) is 0 Å². The van der Waals surface area contributed by atoms with Gasteiger partial charge in [0.2, 0.25) is 11.8 Å². The highest BCUT2D eigenvalue weighted by molar-refractivity contribution is 6.42. The molecule has 1 saturated heterocycles. The Morgan fingerprint density at radius 3 is 2.65 bits per heavy atom. The number of carbonyl (C=O) groups excluding carboxylic acids is 2. The molecule has 0 aromatic heterocycles. The van der Waals surface area contributed by atoms with Gasteiger partial charge >= 0.3 is 0 Å². The summed E-state index contributed by atoms with van der Waals surface area (Å²) in [4.78, 5) is 27.3. The molecule has 1 saturated carbocycles. The Hall–Kier alpha value is -1.34. The van der Waals surface area contributed by atoms with Crippen LogP contribution in [0.1, 0.15) is 31.2 Å². The van der Waals surface area contributed by atoms with Crippen LogP contribution in [-0.4, -0.2) is 52.2 Å². The second-order valence-corrected chi connectivity index (χ2v) is 8.32. The summed E-state index contributed by atoms with van der Waals surface area (Å²) in [7, 11) is 0. The number of aliphatic hydroxyl groups is 2. The Morgan fingerprint density at radius 2 is 1.92 bits per heavy atom. The minimum absolute atomic E-state index is 0.0610. The number of halogens is 2. The summed E-state index contributed by atoms with van der Waals surface area (Å²) in [5.74, 6) is -0.518. The van der Waals surface area contributed by atoms with Crippen molar-refractivity contribution in [3.63, 3.8) is 0 Å². The first-order valence-electron chi connectivity index (χ1n) is 8.78. The molecule has 1 aromatic rings. The van der Waals surface area contributed by atoms with Crippen molar-refractivity contribution in [3.05, 3.63) is 27.7 Å². The first-order chi connectivity index (χ1) is 12.3. The van der Waals surface area contributed by atoms with E-state index in [1.54, 1.807) is 17.0 Å². The average molecular weight is 399 g/mol. The molecule has 26 heavy (non-hydrogen) atoms. The predicted molar refractivity (Wildman–Crippen MR) is 97.3 cm³/mol. The monoisotopic (exact) mass is 398 g/mol. The van der Waals surface area contributed by atoms with Crippen LogP contribution in [0.15, 0.2) is 12.1 Å². The average Bonchev–Trinajstić information content (AvgIpc) is 3.15. The molecule has 2 aliphatic heterocycles. The third-order valence-electron chi connectivity index (χ3n) is 5.97. The number of fused-ring (bicyclic) bond motifs is 2. The van der Waals surface area contributed by atoms with Crippen molar-refractivity contribution in [1.29, 1.82) is 0 Å². The van der Waals surface area contributed by atoms with Gasteiger partial charge in [-0.2, -0.15) is 0 Å². The number of likely N-dealkylation sites (tertiary alicyclic amines) is 1. The number of hydrogen-bond acceptors (Lipinski definition) is 4. The molecule has 0 radical (unpaired) electrons. The molecule has 0 bridgehead atoms. The highest BCUT2D eigenvalue weighted by atomic mass is 35.5. The lowest BCUT2D eigenvalue weighted by Gasteiger charge is -2.32. The molecule has 2 heterocycles. The van der Waals surface area contributed by atoms with E-state index in [4.69, 9.17) is 23.2 Å². The van der Waals surface area contributed by atoms with Gasteiger partial charge in [0.15, 0.2) is 0 Å². The van der Waals surface area contributed by atoms with E-state index in [2.05, 4.69) is 5.32 Å². The maximum atomic E-state index is 12.9. The zero-order valence-electron chi connectivity index (χ0n) is 14.0. The lowest BCUT2D eigenvalue weighted by Crippen LogP contribution is -2.44. The van der Waals surface area contributed by atoms with Gasteiger partial charge in [0.1, 0.15) is 0 Å². The number of aliphatic hydroxyl groups excluding tert-OH is 2. The predicted octanol–water partition coefficient (Wildman–Crippen LogP) is 1.94. The third-order valence-corrected chi connectivity index (χ3v) is 6.69. The summed E-state index contributed by atoms with van der Waals surface area (Å²) in [5.41, 5.74) is 0.632. The molecule has 1 spiro atoms. The van der Waals surface area contributed by atoms with Gasteiger partial charge in [-0.15, -0.1) is 0 Å². The molecule has 2 fully saturated rings. The summed E-state index contributed by atoms with van der Waals surface area (Å²) < 4.78 is 0. The highest BCUT2D eigenvalue weighted by Gasteiger charge is 2.53. The SMILES string of the molecule is O=C([C@@H]1CC[C@H](O)[C@@H](O)C1)N1CC[C@]2(C1)C(=O)Nc1cc(Cl)c(Cl)cc12. The van der Waals surface area contributed by atoms with Crippen LogP contribution in [-0.2, 0) is 15.0 Å². The van der Waals surface area contributed by atoms with Crippen molar-refractivity contribution in [2.75, 3.05) is 18.4 Å². The van der Waals surface area contributed by atoms with Crippen molar-refractivity contribution in [3.8, 4) is 0 Å².